The maximum Gasteiger partial charge on any atom is 0.267 e. The molecule has 0 saturated carbocycles. The number of carbonyl (C=O) groups is 1. The van der Waals surface area contributed by atoms with Gasteiger partial charge in [-0.05, 0) is 41.1 Å². The zero-order valence-electron chi connectivity index (χ0n) is 10.3. The van der Waals surface area contributed by atoms with Crippen molar-refractivity contribution in [2.75, 3.05) is 5.32 Å². The van der Waals surface area contributed by atoms with E-state index in [0.717, 1.165) is 11.3 Å². The molecule has 98 valence electrons. The van der Waals surface area contributed by atoms with Crippen LogP contribution in [0.4, 0.5) is 5.69 Å². The van der Waals surface area contributed by atoms with E-state index < -0.39 is 0 Å². The minimum absolute atomic E-state index is 0.0446. The largest absolute Gasteiger partial charge is 0.324 e. The molecule has 1 N–H and O–H groups in total. The molecule has 0 aliphatic rings. The number of carbonyl (C=O) groups excluding carboxylic acids is 1. The lowest BCUT2D eigenvalue weighted by atomic mass is 10.2. The van der Waals surface area contributed by atoms with Crippen molar-refractivity contribution in [3.63, 3.8) is 0 Å². The Hall–Kier alpha value is -1.70. The smallest absolute Gasteiger partial charge is 0.267 e. The summed E-state index contributed by atoms with van der Waals surface area (Å²) in [5.41, 5.74) is 1.51. The van der Waals surface area contributed by atoms with Gasteiger partial charge in [0.1, 0.15) is 6.54 Å². The van der Waals surface area contributed by atoms with Crippen LogP contribution in [-0.2, 0) is 11.3 Å². The second kappa shape index (κ2) is 5.96. The molecule has 0 unspecified atom stereocenters. The van der Waals surface area contributed by atoms with Crippen LogP contribution in [-0.4, -0.2) is 15.5 Å². The van der Waals surface area contributed by atoms with E-state index in [0.29, 0.717) is 3.57 Å². The van der Waals surface area contributed by atoms with Crippen LogP contribution in [0.5, 0.6) is 0 Å². The molecule has 1 amide bonds. The standard InChI is InChI=1S/C13H12IN3O2/c1-9-4-2-3-5-11(9)16-12(18)7-17-8-15-6-10(14)13(17)19/h2-6,8H,7H2,1H3,(H,16,18). The first-order chi connectivity index (χ1) is 9.08. The minimum Gasteiger partial charge on any atom is -0.324 e. The summed E-state index contributed by atoms with van der Waals surface area (Å²) < 4.78 is 1.78. The van der Waals surface area contributed by atoms with Gasteiger partial charge in [0.25, 0.3) is 5.56 Å². The molecule has 0 aliphatic carbocycles. The molecule has 6 heteroatoms. The number of nitrogens with zero attached hydrogens (tertiary/aromatic N) is 2. The van der Waals surface area contributed by atoms with Gasteiger partial charge in [-0.25, -0.2) is 4.98 Å². The quantitative estimate of drug-likeness (QED) is 0.840. The van der Waals surface area contributed by atoms with E-state index in [2.05, 4.69) is 10.3 Å². The Morgan fingerprint density at radius 2 is 2.16 bits per heavy atom. The van der Waals surface area contributed by atoms with Crippen molar-refractivity contribution in [1.82, 2.24) is 9.55 Å². The molecule has 0 aliphatic heterocycles. The summed E-state index contributed by atoms with van der Waals surface area (Å²) in [6, 6.07) is 7.48. The van der Waals surface area contributed by atoms with Crippen LogP contribution in [0, 0.1) is 10.5 Å². The molecule has 0 radical (unpaired) electrons. The van der Waals surface area contributed by atoms with Gasteiger partial charge in [-0.15, -0.1) is 0 Å². The van der Waals surface area contributed by atoms with Gasteiger partial charge >= 0.3 is 0 Å². The van der Waals surface area contributed by atoms with Crippen molar-refractivity contribution >= 4 is 34.2 Å². The van der Waals surface area contributed by atoms with Crippen LogP contribution in [0.2, 0.25) is 0 Å². The highest BCUT2D eigenvalue weighted by Gasteiger charge is 2.08. The van der Waals surface area contributed by atoms with Gasteiger partial charge in [0.05, 0.1) is 9.90 Å². The number of rotatable bonds is 3. The Labute approximate surface area is 123 Å². The van der Waals surface area contributed by atoms with Crippen molar-refractivity contribution < 1.29 is 4.79 Å². The Bertz CT molecular complexity index is 667. The van der Waals surface area contributed by atoms with Crippen molar-refractivity contribution in [2.24, 2.45) is 0 Å². The Kier molecular flexibility index (Phi) is 4.31. The van der Waals surface area contributed by atoms with Gasteiger partial charge in [-0.2, -0.15) is 0 Å². The normalized spacial score (nSPS) is 10.2. The Morgan fingerprint density at radius 3 is 2.89 bits per heavy atom. The Balaban J connectivity index is 2.12. The average Bonchev–Trinajstić information content (AvgIpc) is 2.38. The Morgan fingerprint density at radius 1 is 1.42 bits per heavy atom. The first-order valence-corrected chi connectivity index (χ1v) is 6.71. The summed E-state index contributed by atoms with van der Waals surface area (Å²) in [7, 11) is 0. The van der Waals surface area contributed by atoms with Gasteiger partial charge in [0.15, 0.2) is 0 Å². The second-order valence-electron chi connectivity index (χ2n) is 4.04. The first-order valence-electron chi connectivity index (χ1n) is 5.63. The third-order valence-corrected chi connectivity index (χ3v) is 3.33. The van der Waals surface area contributed by atoms with E-state index in [1.54, 1.807) is 0 Å². The zero-order valence-corrected chi connectivity index (χ0v) is 12.4. The molecule has 19 heavy (non-hydrogen) atoms. The van der Waals surface area contributed by atoms with E-state index in [-0.39, 0.29) is 18.0 Å². The predicted molar refractivity (Wildman–Crippen MR) is 81.0 cm³/mol. The third kappa shape index (κ3) is 3.40. The van der Waals surface area contributed by atoms with Gasteiger partial charge < -0.3 is 5.32 Å². The van der Waals surface area contributed by atoms with E-state index in [1.165, 1.54) is 17.1 Å². The fourth-order valence-corrected chi connectivity index (χ4v) is 2.06. The number of amides is 1. The summed E-state index contributed by atoms with van der Waals surface area (Å²) in [5, 5.41) is 2.78. The molecule has 2 aromatic rings. The van der Waals surface area contributed by atoms with Gasteiger partial charge in [0, 0.05) is 11.9 Å². The molecule has 5 nitrogen and oxygen atoms in total. The minimum atomic E-state index is -0.250. The molecular weight excluding hydrogens is 357 g/mol. The third-order valence-electron chi connectivity index (χ3n) is 2.59. The molecule has 1 aromatic carbocycles. The van der Waals surface area contributed by atoms with Gasteiger partial charge in [-0.1, -0.05) is 18.2 Å². The lowest BCUT2D eigenvalue weighted by molar-refractivity contribution is -0.116. The van der Waals surface area contributed by atoms with E-state index >= 15 is 0 Å². The lowest BCUT2D eigenvalue weighted by Crippen LogP contribution is -2.29. The lowest BCUT2D eigenvalue weighted by Gasteiger charge is -2.09. The maximum absolute atomic E-state index is 11.9. The van der Waals surface area contributed by atoms with Crippen LogP contribution in [0.1, 0.15) is 5.56 Å². The number of hydrogen-bond acceptors (Lipinski definition) is 3. The fraction of sp³-hybridized carbons (Fsp3) is 0.154. The molecule has 2 rings (SSSR count). The van der Waals surface area contributed by atoms with Crippen LogP contribution >= 0.6 is 22.6 Å². The number of aryl methyl sites for hydroxylation is 1. The highest BCUT2D eigenvalue weighted by atomic mass is 127. The van der Waals surface area contributed by atoms with Crippen LogP contribution in [0.25, 0.3) is 0 Å². The highest BCUT2D eigenvalue weighted by Crippen LogP contribution is 2.12. The first kappa shape index (κ1) is 13.7. The number of halogens is 1. The molecule has 1 heterocycles. The van der Waals surface area contributed by atoms with Gasteiger partial charge in [0.2, 0.25) is 5.91 Å². The van der Waals surface area contributed by atoms with Crippen LogP contribution in [0.3, 0.4) is 0 Å². The SMILES string of the molecule is Cc1ccccc1NC(=O)Cn1cncc(I)c1=O. The van der Waals surface area contributed by atoms with Crippen molar-refractivity contribution in [3.05, 3.63) is 56.3 Å². The number of para-hydroxylation sites is 1. The molecule has 1 aromatic heterocycles. The monoisotopic (exact) mass is 369 g/mol. The van der Waals surface area contributed by atoms with Crippen molar-refractivity contribution in [3.8, 4) is 0 Å². The number of hydrogen-bond donors (Lipinski definition) is 1. The molecule has 0 saturated heterocycles. The molecule has 0 bridgehead atoms. The number of anilines is 1. The van der Waals surface area contributed by atoms with Crippen LogP contribution < -0.4 is 10.9 Å². The van der Waals surface area contributed by atoms with Gasteiger partial charge in [-0.3, -0.25) is 14.2 Å². The van der Waals surface area contributed by atoms with E-state index in [9.17, 15) is 9.59 Å². The summed E-state index contributed by atoms with van der Waals surface area (Å²) in [6.45, 7) is 1.87. The molecule has 0 spiro atoms. The van der Waals surface area contributed by atoms with Crippen LogP contribution in [0.15, 0.2) is 41.6 Å². The zero-order chi connectivity index (χ0) is 13.8. The topological polar surface area (TPSA) is 64.0 Å². The fourth-order valence-electron chi connectivity index (χ4n) is 1.59. The second-order valence-corrected chi connectivity index (χ2v) is 5.20. The number of aromatic nitrogens is 2. The summed E-state index contributed by atoms with van der Waals surface area (Å²) >= 11 is 1.90. The number of benzene rings is 1. The summed E-state index contributed by atoms with van der Waals surface area (Å²) in [5.74, 6) is -0.250. The summed E-state index contributed by atoms with van der Waals surface area (Å²) in [4.78, 5) is 27.6. The average molecular weight is 369 g/mol. The highest BCUT2D eigenvalue weighted by molar-refractivity contribution is 14.1. The van der Waals surface area contributed by atoms with E-state index in [1.807, 2.05) is 53.8 Å². The summed E-state index contributed by atoms with van der Waals surface area (Å²) in [6.07, 6.45) is 2.83. The number of nitrogens with one attached hydrogen (secondary N) is 1. The van der Waals surface area contributed by atoms with Crippen molar-refractivity contribution in [2.45, 2.75) is 13.5 Å². The maximum atomic E-state index is 11.9. The molecule has 0 atom stereocenters. The molecule has 0 fully saturated rings. The van der Waals surface area contributed by atoms with Crippen molar-refractivity contribution in [1.29, 1.82) is 0 Å². The molecular formula is C13H12IN3O2. The van der Waals surface area contributed by atoms with E-state index in [4.69, 9.17) is 0 Å². The predicted octanol–water partition coefficient (Wildman–Crippen LogP) is 1.80.